The first-order chi connectivity index (χ1) is 28.5. The summed E-state index contributed by atoms with van der Waals surface area (Å²) in [7, 11) is 0. The summed E-state index contributed by atoms with van der Waals surface area (Å²) in [6, 6.07) is 68.9. The summed E-state index contributed by atoms with van der Waals surface area (Å²) in [5, 5.41) is 2.22. The molecule has 0 spiro atoms. The summed E-state index contributed by atoms with van der Waals surface area (Å²) in [5.74, 6) is 0.682. The molecule has 0 aliphatic heterocycles. The van der Waals surface area contributed by atoms with Gasteiger partial charge in [-0.05, 0) is 92.5 Å². The van der Waals surface area contributed by atoms with E-state index in [1.165, 1.54) is 27.8 Å². The smallest absolute Gasteiger partial charge is 0.160 e. The number of fused-ring (bicyclic) bond motifs is 6. The summed E-state index contributed by atoms with van der Waals surface area (Å²) in [6.07, 6.45) is 0. The second kappa shape index (κ2) is 13.4. The third kappa shape index (κ3) is 5.66. The van der Waals surface area contributed by atoms with E-state index in [1.807, 2.05) is 30.3 Å². The number of aromatic nitrogens is 2. The van der Waals surface area contributed by atoms with Crippen LogP contribution < -0.4 is 0 Å². The van der Waals surface area contributed by atoms with E-state index in [0.29, 0.717) is 5.82 Å². The number of hydrogen-bond donors (Lipinski definition) is 0. The van der Waals surface area contributed by atoms with Crippen molar-refractivity contribution in [3.63, 3.8) is 0 Å². The summed E-state index contributed by atoms with van der Waals surface area (Å²) >= 11 is 0. The standard InChI is InChI=1S/C55H38N2O/c1-55(2)48-25-11-9-21-44(48)45-28-27-38(33-49(45)55)37-19-13-20-39(29-37)50-34-51(57-54(56-50)36-17-7-4-8-18-36)42-31-40(35-15-5-3-6-16-35)30-41(32-42)43-23-14-24-47-46-22-10-12-26-52(46)58-53(43)47/h3-34H,1-2H3. The number of benzene rings is 8. The first kappa shape index (κ1) is 33.9. The van der Waals surface area contributed by atoms with Gasteiger partial charge >= 0.3 is 0 Å². The number of rotatable bonds is 6. The fraction of sp³-hybridized carbons (Fsp3) is 0.0545. The molecule has 0 fully saturated rings. The van der Waals surface area contributed by atoms with Gasteiger partial charge in [-0.15, -0.1) is 0 Å². The van der Waals surface area contributed by atoms with Gasteiger partial charge in [0.2, 0.25) is 0 Å². The molecule has 1 aliphatic rings. The Balaban J connectivity index is 1.08. The molecule has 0 atom stereocenters. The Hall–Kier alpha value is -7.36. The largest absolute Gasteiger partial charge is 0.455 e. The number of hydrogen-bond acceptors (Lipinski definition) is 3. The van der Waals surface area contributed by atoms with Crippen LogP contribution in [0.3, 0.4) is 0 Å². The van der Waals surface area contributed by atoms with Gasteiger partial charge in [-0.25, -0.2) is 9.97 Å². The molecule has 10 aromatic rings. The molecule has 2 aromatic heterocycles. The van der Waals surface area contributed by atoms with Gasteiger partial charge in [-0.3, -0.25) is 0 Å². The van der Waals surface area contributed by atoms with E-state index in [2.05, 4.69) is 178 Å². The maximum Gasteiger partial charge on any atom is 0.160 e. The molecule has 0 saturated carbocycles. The summed E-state index contributed by atoms with van der Waals surface area (Å²) in [5.41, 5.74) is 18.5. The van der Waals surface area contributed by atoms with Crippen LogP contribution in [0.15, 0.2) is 199 Å². The van der Waals surface area contributed by atoms with E-state index < -0.39 is 0 Å². The fourth-order valence-corrected chi connectivity index (χ4v) is 8.90. The Labute approximate surface area is 338 Å². The van der Waals surface area contributed by atoms with Crippen molar-refractivity contribution in [1.82, 2.24) is 9.97 Å². The van der Waals surface area contributed by atoms with Gasteiger partial charge in [0.05, 0.1) is 11.4 Å². The third-order valence-electron chi connectivity index (χ3n) is 11.9. The lowest BCUT2D eigenvalue weighted by Gasteiger charge is -2.22. The molecule has 0 radical (unpaired) electrons. The zero-order chi connectivity index (χ0) is 38.8. The highest BCUT2D eigenvalue weighted by Gasteiger charge is 2.35. The number of para-hydroxylation sites is 2. The molecule has 0 N–H and O–H groups in total. The summed E-state index contributed by atoms with van der Waals surface area (Å²) < 4.78 is 6.56. The van der Waals surface area contributed by atoms with Gasteiger partial charge < -0.3 is 4.42 Å². The van der Waals surface area contributed by atoms with E-state index in [9.17, 15) is 0 Å². The van der Waals surface area contributed by atoms with Crippen molar-refractivity contribution in [3.8, 4) is 78.4 Å². The fourth-order valence-electron chi connectivity index (χ4n) is 8.90. The molecule has 3 heteroatoms. The van der Waals surface area contributed by atoms with Crippen LogP contribution in [-0.2, 0) is 5.41 Å². The molecule has 2 heterocycles. The van der Waals surface area contributed by atoms with Crippen LogP contribution in [0.1, 0.15) is 25.0 Å². The molecular weight excluding hydrogens is 705 g/mol. The SMILES string of the molecule is CC1(C)c2ccccc2-c2ccc(-c3cccc(-c4cc(-c5cc(-c6ccccc6)cc(-c6cccc7c6oc6ccccc67)c5)nc(-c5ccccc5)n4)c3)cc21. The molecule has 0 amide bonds. The van der Waals surface area contributed by atoms with Crippen molar-refractivity contribution in [2.45, 2.75) is 19.3 Å². The van der Waals surface area contributed by atoms with Gasteiger partial charge in [0, 0.05) is 38.4 Å². The zero-order valence-corrected chi connectivity index (χ0v) is 32.3. The van der Waals surface area contributed by atoms with E-state index in [-0.39, 0.29) is 5.41 Å². The van der Waals surface area contributed by atoms with Gasteiger partial charge in [-0.1, -0.05) is 166 Å². The van der Waals surface area contributed by atoms with E-state index in [4.69, 9.17) is 14.4 Å². The molecule has 0 bridgehead atoms. The van der Waals surface area contributed by atoms with Crippen LogP contribution in [0, 0.1) is 0 Å². The number of nitrogens with zero attached hydrogens (tertiary/aromatic N) is 2. The van der Waals surface area contributed by atoms with E-state index >= 15 is 0 Å². The van der Waals surface area contributed by atoms with Gasteiger partial charge in [0.15, 0.2) is 5.82 Å². The summed E-state index contributed by atoms with van der Waals surface area (Å²) in [6.45, 7) is 4.67. The minimum Gasteiger partial charge on any atom is -0.455 e. The van der Waals surface area contributed by atoms with Crippen LogP contribution >= 0.6 is 0 Å². The quantitative estimate of drug-likeness (QED) is 0.170. The van der Waals surface area contributed by atoms with Crippen molar-refractivity contribution in [3.05, 3.63) is 205 Å². The molecule has 0 unspecified atom stereocenters. The predicted molar refractivity (Wildman–Crippen MR) is 239 cm³/mol. The molecule has 274 valence electrons. The van der Waals surface area contributed by atoms with Crippen LogP contribution in [0.25, 0.3) is 100 Å². The molecule has 3 nitrogen and oxygen atoms in total. The van der Waals surface area contributed by atoms with Crippen LogP contribution in [0.5, 0.6) is 0 Å². The van der Waals surface area contributed by atoms with E-state index in [1.54, 1.807) is 0 Å². The highest BCUT2D eigenvalue weighted by molar-refractivity contribution is 6.09. The molecular formula is C55H38N2O. The average Bonchev–Trinajstić information content (AvgIpc) is 3.78. The maximum absolute atomic E-state index is 6.56. The predicted octanol–water partition coefficient (Wildman–Crippen LogP) is 14.7. The van der Waals surface area contributed by atoms with Crippen molar-refractivity contribution in [2.75, 3.05) is 0 Å². The Morgan fingerprint density at radius 2 is 0.931 bits per heavy atom. The first-order valence-electron chi connectivity index (χ1n) is 19.9. The lowest BCUT2D eigenvalue weighted by atomic mass is 9.81. The molecule has 8 aromatic carbocycles. The highest BCUT2D eigenvalue weighted by atomic mass is 16.3. The van der Waals surface area contributed by atoms with Crippen molar-refractivity contribution < 1.29 is 4.42 Å². The topological polar surface area (TPSA) is 38.9 Å². The minimum absolute atomic E-state index is 0.0746. The third-order valence-corrected chi connectivity index (χ3v) is 11.9. The second-order valence-corrected chi connectivity index (χ2v) is 15.8. The number of furan rings is 1. The van der Waals surface area contributed by atoms with Crippen LogP contribution in [0.2, 0.25) is 0 Å². The summed E-state index contributed by atoms with van der Waals surface area (Å²) in [4.78, 5) is 10.5. The average molecular weight is 743 g/mol. The van der Waals surface area contributed by atoms with Crippen LogP contribution in [-0.4, -0.2) is 9.97 Å². The first-order valence-corrected chi connectivity index (χ1v) is 19.9. The van der Waals surface area contributed by atoms with Crippen molar-refractivity contribution in [2.24, 2.45) is 0 Å². The second-order valence-electron chi connectivity index (χ2n) is 15.8. The Morgan fingerprint density at radius 3 is 1.78 bits per heavy atom. The molecule has 58 heavy (non-hydrogen) atoms. The Bertz CT molecular complexity index is 3190. The van der Waals surface area contributed by atoms with Gasteiger partial charge in [-0.2, -0.15) is 0 Å². The maximum atomic E-state index is 6.56. The molecule has 11 rings (SSSR count). The minimum atomic E-state index is -0.0746. The molecule has 0 saturated heterocycles. The van der Waals surface area contributed by atoms with Crippen LogP contribution in [0.4, 0.5) is 0 Å². The zero-order valence-electron chi connectivity index (χ0n) is 32.3. The monoisotopic (exact) mass is 742 g/mol. The van der Waals surface area contributed by atoms with Gasteiger partial charge in [0.1, 0.15) is 11.2 Å². The highest BCUT2D eigenvalue weighted by Crippen LogP contribution is 2.49. The van der Waals surface area contributed by atoms with Crippen molar-refractivity contribution in [1.29, 1.82) is 0 Å². The molecule has 1 aliphatic carbocycles. The Morgan fingerprint density at radius 1 is 0.362 bits per heavy atom. The van der Waals surface area contributed by atoms with Crippen molar-refractivity contribution >= 4 is 21.9 Å². The lowest BCUT2D eigenvalue weighted by Crippen LogP contribution is -2.14. The van der Waals surface area contributed by atoms with E-state index in [0.717, 1.165) is 77.8 Å². The lowest BCUT2D eigenvalue weighted by molar-refractivity contribution is 0.660. The van der Waals surface area contributed by atoms with Gasteiger partial charge in [0.25, 0.3) is 0 Å². The normalized spacial score (nSPS) is 12.8. The Kier molecular flexibility index (Phi) is 7.84.